The molecule has 6 aromatic carbocycles. The van der Waals surface area contributed by atoms with E-state index < -0.39 is 161 Å². The molecule has 28 heteroatoms. The normalized spacial score (nSPS) is 29.1. The topological polar surface area (TPSA) is 286 Å². The van der Waals surface area contributed by atoms with Gasteiger partial charge >= 0.3 is 314 Å². The van der Waals surface area contributed by atoms with E-state index in [9.17, 15) is 30.2 Å². The molecule has 0 amide bonds. The van der Waals surface area contributed by atoms with E-state index in [0.29, 0.717) is 0 Å². The van der Waals surface area contributed by atoms with Crippen molar-refractivity contribution >= 4 is 77.7 Å². The minimum atomic E-state index is -3.45. The van der Waals surface area contributed by atoms with Gasteiger partial charge in [-0.1, -0.05) is 149 Å². The summed E-state index contributed by atoms with van der Waals surface area (Å²) >= 11 is 0. The summed E-state index contributed by atoms with van der Waals surface area (Å²) in [5.41, 5.74) is 21.8. The van der Waals surface area contributed by atoms with Crippen LogP contribution in [0.2, 0.25) is 10.1 Å². The van der Waals surface area contributed by atoms with Gasteiger partial charge in [0.05, 0.1) is 31.5 Å². The SMILES string of the molecule is CC(=O)OCC1OC(C)[C@@H](C)C(OCc2ccccc2)C1O[C@@H]1OC(CO[Si](c2ccccc2)(c2ccccc2)C(C)(C)C)[C@@H](O[C@@H]2OC(COC(C)=O)[C@@H](O[C@@H]3OC(CO[Si](c4ccccc4)(c4ccccc4)C(C)(C)C)[C@@H](C)[C@H](P[B]B=O)C3N=[N+]=[N-])[C@H](C)C2OC(=O)c2ccccc2)[C@H](C)C1N=[N+]=[N-]. The van der Waals surface area contributed by atoms with Gasteiger partial charge in [-0.15, -0.1) is 0 Å². The van der Waals surface area contributed by atoms with Crippen molar-refractivity contribution in [2.75, 3.05) is 26.4 Å². The summed E-state index contributed by atoms with van der Waals surface area (Å²) < 4.78 is 103. The summed E-state index contributed by atoms with van der Waals surface area (Å²) in [6.45, 7) is 26.0. The molecule has 4 heterocycles. The number of rotatable bonds is 30. The summed E-state index contributed by atoms with van der Waals surface area (Å²) in [6, 6.07) is 56.4. The second kappa shape index (κ2) is 37.4. The monoisotopic (exact) mass is 1510 g/mol. The third-order valence-corrected chi connectivity index (χ3v) is 32.8. The molecule has 4 aliphatic heterocycles. The summed E-state index contributed by atoms with van der Waals surface area (Å²) in [4.78, 5) is 47.5. The molecule has 6 aromatic rings. The predicted octanol–water partition coefficient (Wildman–Crippen LogP) is 11.7. The van der Waals surface area contributed by atoms with Gasteiger partial charge in [-0.25, -0.2) is 0 Å². The summed E-state index contributed by atoms with van der Waals surface area (Å²) in [6.07, 6.45) is -14.2. The third-order valence-electron chi connectivity index (χ3n) is 21.2. The third kappa shape index (κ3) is 19.1. The average molecular weight is 1510 g/mol. The van der Waals surface area contributed by atoms with Crippen LogP contribution in [0.3, 0.4) is 0 Å². The minimum absolute atomic E-state index is 0.0513. The Bertz CT molecular complexity index is 3880. The molecule has 0 aliphatic carbocycles. The molecule has 0 saturated carbocycles. The van der Waals surface area contributed by atoms with E-state index in [1.165, 1.54) is 20.7 Å². The molecule has 4 fully saturated rings. The van der Waals surface area contributed by atoms with Crippen molar-refractivity contribution < 1.29 is 80.0 Å². The van der Waals surface area contributed by atoms with Gasteiger partial charge in [0.2, 0.25) is 0 Å². The predicted molar refractivity (Wildman–Crippen MR) is 413 cm³/mol. The number of benzene rings is 6. The molecule has 4 saturated heterocycles. The van der Waals surface area contributed by atoms with E-state index in [2.05, 4.69) is 110 Å². The summed E-state index contributed by atoms with van der Waals surface area (Å²) in [5.74, 6) is -4.45. The molecule has 23 nitrogen and oxygen atoms in total. The Labute approximate surface area is 633 Å². The molecule has 0 bridgehead atoms. The molecule has 1 radical (unpaired) electrons. The van der Waals surface area contributed by atoms with Crippen LogP contribution < -0.4 is 20.7 Å². The zero-order valence-corrected chi connectivity index (χ0v) is 66.2. The van der Waals surface area contributed by atoms with Gasteiger partial charge in [0.1, 0.15) is 24.9 Å². The quantitative estimate of drug-likeness (QED) is 0.00770. The average Bonchev–Trinajstić information content (AvgIpc) is 0.742. The maximum atomic E-state index is 14.9. The number of carbonyl (C=O) groups is 3. The fraction of sp³-hybridized carbons (Fsp3) is 0.506. The van der Waals surface area contributed by atoms with Crippen LogP contribution in [0.25, 0.3) is 20.9 Å². The van der Waals surface area contributed by atoms with Gasteiger partial charge < -0.3 is 28.1 Å². The van der Waals surface area contributed by atoms with Gasteiger partial charge in [-0.2, -0.15) is 0 Å². The van der Waals surface area contributed by atoms with Gasteiger partial charge in [-0.05, 0) is 51.5 Å². The van der Waals surface area contributed by atoms with Crippen LogP contribution in [0, 0.1) is 23.7 Å². The Balaban J connectivity index is 1.07. The van der Waals surface area contributed by atoms with Crippen LogP contribution in [0.4, 0.5) is 0 Å². The number of nitrogens with zero attached hydrogens (tertiary/aromatic N) is 6. The van der Waals surface area contributed by atoms with Crippen molar-refractivity contribution in [2.45, 2.75) is 204 Å². The Morgan fingerprint density at radius 1 is 0.477 bits per heavy atom. The second-order valence-electron chi connectivity index (χ2n) is 30.2. The number of carbonyl (C=O) groups excluding carboxylic acids is 3. The van der Waals surface area contributed by atoms with Crippen LogP contribution in [0.5, 0.6) is 0 Å². The molecular weight excluding hydrogens is 1410 g/mol. The van der Waals surface area contributed by atoms with E-state index >= 15 is 0 Å². The van der Waals surface area contributed by atoms with E-state index in [0.717, 1.165) is 33.4 Å². The van der Waals surface area contributed by atoms with E-state index in [4.69, 9.17) is 61.0 Å². The molecule has 0 N–H and O–H groups in total. The Kier molecular flexibility index (Phi) is 28.8. The first-order chi connectivity index (χ1) is 51.3. The number of azide groups is 2. The first-order valence-electron chi connectivity index (χ1n) is 36.7. The number of esters is 3. The summed E-state index contributed by atoms with van der Waals surface area (Å²) in [7, 11) is -6.11. The van der Waals surface area contributed by atoms with Crippen LogP contribution >= 0.6 is 8.46 Å². The van der Waals surface area contributed by atoms with Crippen molar-refractivity contribution in [3.63, 3.8) is 0 Å². The van der Waals surface area contributed by atoms with E-state index in [-0.39, 0.29) is 52.3 Å². The molecule has 11 unspecified atom stereocenters. The van der Waals surface area contributed by atoms with Gasteiger partial charge in [0, 0.05) is 17.8 Å². The zero-order valence-electron chi connectivity index (χ0n) is 63.2. The van der Waals surface area contributed by atoms with Crippen molar-refractivity contribution in [1.82, 2.24) is 0 Å². The molecular formula is C79H100B2N6O17PSi2. The van der Waals surface area contributed by atoms with Crippen LogP contribution in [-0.2, 0) is 81.9 Å². The summed E-state index contributed by atoms with van der Waals surface area (Å²) in [5, 5.41) is 11.9. The number of ether oxygens (including phenoxy) is 11. The Morgan fingerprint density at radius 3 is 1.36 bits per heavy atom. The molecule has 567 valence electrons. The molecule has 0 aromatic heterocycles. The van der Waals surface area contributed by atoms with Crippen LogP contribution in [0.1, 0.15) is 106 Å². The molecule has 10 rings (SSSR count). The maximum absolute atomic E-state index is 14.9. The molecule has 0 spiro atoms. The second-order valence-corrected chi connectivity index (χ2v) is 40.1. The minimum Gasteiger partial charge on any atom is -0.0849 e. The number of hydrogen-bond acceptors (Lipinski definition) is 19. The standard InChI is InChI=1S/C79H100B2N6O17PSi2/c1-49-53(5)97-64(46-93-55(7)89)72(70(49)94-44-56-32-20-14-21-33-56)104-75-66(84-86-82)51(3)68(65(99-75)48-96-107(79(11,12)13,60-40-28-18-29-41-60)61-42-30-19-31-43-61)103-77-71(101-74(90)57-34-22-15-23-35-57)52(4)69(63(100-77)45-92-54(6)88)102-76-67(85-87-83)73(105-81-80-91)50(2)62(98-76)47-95-106(78(8,9)10,58-36-24-16-25-37-58)59-38-26-17-27-39-59/h14-43,49-53,62-73,75-77,105H,44-48H2,1-13H3/t49-,50-,51-,52+,53?,62?,63?,64?,65?,66?,67?,68+,69+,70?,71?,72?,73+,75+,76+,77+/m1/s1. The van der Waals surface area contributed by atoms with E-state index in [1.54, 1.807) is 37.3 Å². The first kappa shape index (κ1) is 82.2. The van der Waals surface area contributed by atoms with E-state index in [1.807, 2.05) is 131 Å². The Hall–Kier alpha value is -7.26. The number of hydrogen-bond donors (Lipinski definition) is 0. The van der Waals surface area contributed by atoms with Crippen molar-refractivity contribution in [3.05, 3.63) is 214 Å². The van der Waals surface area contributed by atoms with Crippen molar-refractivity contribution in [3.8, 4) is 0 Å². The molecule has 4 aliphatic rings. The fourth-order valence-electron chi connectivity index (χ4n) is 15.6. The Morgan fingerprint density at radius 2 is 0.879 bits per heavy atom. The van der Waals surface area contributed by atoms with Crippen LogP contribution in [-0.4, -0.2) is 173 Å². The fourth-order valence-corrected chi connectivity index (χ4v) is 26.0. The van der Waals surface area contributed by atoms with Gasteiger partial charge in [0.15, 0.2) is 6.29 Å². The molecule has 107 heavy (non-hydrogen) atoms. The molecule has 21 atom stereocenters. The van der Waals surface area contributed by atoms with Gasteiger partial charge in [-0.3, -0.25) is 4.79 Å². The van der Waals surface area contributed by atoms with Crippen LogP contribution in [0.15, 0.2) is 192 Å². The van der Waals surface area contributed by atoms with Crippen molar-refractivity contribution in [1.29, 1.82) is 0 Å². The van der Waals surface area contributed by atoms with Gasteiger partial charge in [0.25, 0.3) is 8.32 Å². The first-order valence-corrected chi connectivity index (χ1v) is 41.7. The smallest absolute Gasteiger partial charge is 0.0849 e. The zero-order chi connectivity index (χ0) is 76.6. The van der Waals surface area contributed by atoms with Crippen molar-refractivity contribution in [2.24, 2.45) is 33.9 Å².